The van der Waals surface area contributed by atoms with Crippen molar-refractivity contribution in [3.05, 3.63) is 46.5 Å². The second kappa shape index (κ2) is 7.57. The standard InChI is InChI=1S/C16H23ClN4/c1-4-7-19-15(9-12-6-8-18-11-14(12)17)16-10-13(5-2)20-21(16)3/h6,8,10-11,15,19H,4-5,7,9H2,1-3H3. The maximum atomic E-state index is 6.25. The van der Waals surface area contributed by atoms with Gasteiger partial charge in [-0.15, -0.1) is 0 Å². The Bertz CT molecular complexity index is 579. The Morgan fingerprint density at radius 3 is 2.81 bits per heavy atom. The fourth-order valence-electron chi connectivity index (χ4n) is 2.43. The van der Waals surface area contributed by atoms with Gasteiger partial charge >= 0.3 is 0 Å². The van der Waals surface area contributed by atoms with Gasteiger partial charge < -0.3 is 5.32 Å². The Morgan fingerprint density at radius 1 is 1.38 bits per heavy atom. The lowest BCUT2D eigenvalue weighted by Gasteiger charge is -2.19. The Balaban J connectivity index is 2.25. The van der Waals surface area contributed by atoms with E-state index in [1.54, 1.807) is 12.4 Å². The molecular weight excluding hydrogens is 284 g/mol. The topological polar surface area (TPSA) is 42.7 Å². The van der Waals surface area contributed by atoms with Gasteiger partial charge in [-0.1, -0.05) is 25.4 Å². The lowest BCUT2D eigenvalue weighted by Crippen LogP contribution is -2.26. The second-order valence-electron chi connectivity index (χ2n) is 5.22. The predicted molar refractivity (Wildman–Crippen MR) is 86.6 cm³/mol. The fourth-order valence-corrected chi connectivity index (χ4v) is 2.63. The van der Waals surface area contributed by atoms with E-state index in [2.05, 4.69) is 35.3 Å². The van der Waals surface area contributed by atoms with Crippen LogP contribution in [0.3, 0.4) is 0 Å². The first-order valence-corrected chi connectivity index (χ1v) is 7.88. The summed E-state index contributed by atoms with van der Waals surface area (Å²) in [6.45, 7) is 5.27. The molecule has 0 aliphatic carbocycles. The van der Waals surface area contributed by atoms with Crippen molar-refractivity contribution in [2.75, 3.05) is 6.54 Å². The Morgan fingerprint density at radius 2 is 2.19 bits per heavy atom. The van der Waals surface area contributed by atoms with Crippen molar-refractivity contribution < 1.29 is 0 Å². The monoisotopic (exact) mass is 306 g/mol. The average Bonchev–Trinajstić information content (AvgIpc) is 2.86. The summed E-state index contributed by atoms with van der Waals surface area (Å²) >= 11 is 6.25. The van der Waals surface area contributed by atoms with Gasteiger partial charge in [0.25, 0.3) is 0 Å². The molecule has 0 aliphatic rings. The fraction of sp³-hybridized carbons (Fsp3) is 0.500. The number of pyridine rings is 1. The van der Waals surface area contributed by atoms with Crippen LogP contribution in [0.1, 0.15) is 43.3 Å². The van der Waals surface area contributed by atoms with E-state index in [0.717, 1.165) is 42.1 Å². The second-order valence-corrected chi connectivity index (χ2v) is 5.62. The Hall–Kier alpha value is -1.39. The largest absolute Gasteiger partial charge is 0.308 e. The van der Waals surface area contributed by atoms with Gasteiger partial charge in [0.2, 0.25) is 0 Å². The number of nitrogens with zero attached hydrogens (tertiary/aromatic N) is 3. The summed E-state index contributed by atoms with van der Waals surface area (Å²) in [5.74, 6) is 0. The predicted octanol–water partition coefficient (Wildman–Crippen LogP) is 3.31. The highest BCUT2D eigenvalue weighted by molar-refractivity contribution is 6.31. The summed E-state index contributed by atoms with van der Waals surface area (Å²) in [7, 11) is 2.00. The van der Waals surface area contributed by atoms with E-state index >= 15 is 0 Å². The van der Waals surface area contributed by atoms with Gasteiger partial charge in [-0.3, -0.25) is 9.67 Å². The molecule has 0 aliphatic heterocycles. The van der Waals surface area contributed by atoms with Crippen LogP contribution in [-0.2, 0) is 19.9 Å². The molecule has 0 amide bonds. The highest BCUT2D eigenvalue weighted by Gasteiger charge is 2.17. The van der Waals surface area contributed by atoms with Crippen LogP contribution in [0.4, 0.5) is 0 Å². The molecule has 4 nitrogen and oxygen atoms in total. The smallest absolute Gasteiger partial charge is 0.0625 e. The van der Waals surface area contributed by atoms with Crippen LogP contribution >= 0.6 is 11.6 Å². The Labute approximate surface area is 131 Å². The van der Waals surface area contributed by atoms with Crippen molar-refractivity contribution in [1.29, 1.82) is 0 Å². The van der Waals surface area contributed by atoms with Gasteiger partial charge in [0, 0.05) is 19.4 Å². The van der Waals surface area contributed by atoms with Crippen molar-refractivity contribution in [3.8, 4) is 0 Å². The van der Waals surface area contributed by atoms with Gasteiger partial charge in [-0.05, 0) is 43.5 Å². The number of aromatic nitrogens is 3. The molecule has 1 atom stereocenters. The third kappa shape index (κ3) is 4.05. The van der Waals surface area contributed by atoms with Crippen LogP contribution in [0.15, 0.2) is 24.5 Å². The zero-order chi connectivity index (χ0) is 15.2. The summed E-state index contributed by atoms with van der Waals surface area (Å²) in [5, 5.41) is 8.87. The number of nitrogens with one attached hydrogen (secondary N) is 1. The zero-order valence-electron chi connectivity index (χ0n) is 12.9. The lowest BCUT2D eigenvalue weighted by molar-refractivity contribution is 0.493. The zero-order valence-corrected chi connectivity index (χ0v) is 13.7. The van der Waals surface area contributed by atoms with Crippen LogP contribution in [0.5, 0.6) is 0 Å². The van der Waals surface area contributed by atoms with E-state index in [1.807, 2.05) is 17.8 Å². The van der Waals surface area contributed by atoms with Crippen LogP contribution in [0.25, 0.3) is 0 Å². The van der Waals surface area contributed by atoms with Gasteiger partial charge in [-0.25, -0.2) is 0 Å². The molecule has 0 radical (unpaired) electrons. The lowest BCUT2D eigenvalue weighted by atomic mass is 10.0. The summed E-state index contributed by atoms with van der Waals surface area (Å²) in [6.07, 6.45) is 6.38. The molecule has 21 heavy (non-hydrogen) atoms. The van der Waals surface area contributed by atoms with E-state index in [4.69, 9.17) is 11.6 Å². The maximum absolute atomic E-state index is 6.25. The van der Waals surface area contributed by atoms with Crippen LogP contribution in [-0.4, -0.2) is 21.3 Å². The van der Waals surface area contributed by atoms with E-state index in [1.165, 1.54) is 5.69 Å². The molecule has 2 heterocycles. The first-order chi connectivity index (χ1) is 10.2. The summed E-state index contributed by atoms with van der Waals surface area (Å²) < 4.78 is 1.97. The summed E-state index contributed by atoms with van der Waals surface area (Å²) in [5.41, 5.74) is 3.43. The van der Waals surface area contributed by atoms with Crippen molar-refractivity contribution in [2.24, 2.45) is 7.05 Å². The molecule has 5 heteroatoms. The Kier molecular flexibility index (Phi) is 5.76. The van der Waals surface area contributed by atoms with Crippen molar-refractivity contribution in [3.63, 3.8) is 0 Å². The molecule has 0 saturated heterocycles. The van der Waals surface area contributed by atoms with Gasteiger partial charge in [0.15, 0.2) is 0 Å². The molecule has 2 rings (SSSR count). The highest BCUT2D eigenvalue weighted by atomic mass is 35.5. The van der Waals surface area contributed by atoms with Crippen LogP contribution < -0.4 is 5.32 Å². The quantitative estimate of drug-likeness (QED) is 0.853. The third-order valence-corrected chi connectivity index (χ3v) is 3.95. The molecule has 2 aromatic heterocycles. The van der Waals surface area contributed by atoms with Crippen LogP contribution in [0.2, 0.25) is 5.02 Å². The third-order valence-electron chi connectivity index (χ3n) is 3.61. The normalized spacial score (nSPS) is 12.6. The first kappa shape index (κ1) is 16.0. The minimum absolute atomic E-state index is 0.211. The minimum atomic E-state index is 0.211. The van der Waals surface area contributed by atoms with E-state index in [9.17, 15) is 0 Å². The van der Waals surface area contributed by atoms with E-state index in [0.29, 0.717) is 0 Å². The van der Waals surface area contributed by atoms with E-state index < -0.39 is 0 Å². The van der Waals surface area contributed by atoms with Gasteiger partial charge in [0.1, 0.15) is 0 Å². The molecule has 114 valence electrons. The molecule has 0 bridgehead atoms. The highest BCUT2D eigenvalue weighted by Crippen LogP contribution is 2.23. The summed E-state index contributed by atoms with van der Waals surface area (Å²) in [6, 6.07) is 4.38. The van der Waals surface area contributed by atoms with Crippen molar-refractivity contribution in [2.45, 2.75) is 39.2 Å². The van der Waals surface area contributed by atoms with Gasteiger partial charge in [-0.2, -0.15) is 5.10 Å². The molecule has 1 unspecified atom stereocenters. The molecule has 1 N–H and O–H groups in total. The molecule has 0 fully saturated rings. The van der Waals surface area contributed by atoms with Crippen molar-refractivity contribution in [1.82, 2.24) is 20.1 Å². The molecule has 0 saturated carbocycles. The SMILES string of the molecule is CCCNC(Cc1ccncc1Cl)c1cc(CC)nn1C. The minimum Gasteiger partial charge on any atom is -0.308 e. The van der Waals surface area contributed by atoms with Crippen molar-refractivity contribution >= 4 is 11.6 Å². The van der Waals surface area contributed by atoms with E-state index in [-0.39, 0.29) is 6.04 Å². The number of hydrogen-bond acceptors (Lipinski definition) is 3. The molecule has 2 aromatic rings. The number of aryl methyl sites for hydroxylation is 2. The molecular formula is C16H23ClN4. The average molecular weight is 307 g/mol. The van der Waals surface area contributed by atoms with Crippen LogP contribution in [0, 0.1) is 0 Å². The maximum Gasteiger partial charge on any atom is 0.0625 e. The molecule has 0 aromatic carbocycles. The number of rotatable bonds is 7. The number of halogens is 1. The summed E-state index contributed by atoms with van der Waals surface area (Å²) in [4.78, 5) is 4.05. The van der Waals surface area contributed by atoms with Gasteiger partial charge in [0.05, 0.1) is 22.5 Å². The molecule has 0 spiro atoms. The number of hydrogen-bond donors (Lipinski definition) is 1. The first-order valence-electron chi connectivity index (χ1n) is 7.50.